The van der Waals surface area contributed by atoms with E-state index in [0.29, 0.717) is 6.20 Å². The number of rotatable bonds is 5. The van der Waals surface area contributed by atoms with Crippen molar-refractivity contribution in [2.24, 2.45) is 0 Å². The standard InChI is InChI=1S/C7H8F3N3O5S/c8-7(9,10)4(14)2-12-19(17,18)5-3(6(15)16)1-11-13-5/h1,4,12,14H,2H2,(H,11,13)(H,15,16). The minimum atomic E-state index is -4.99. The third kappa shape index (κ3) is 3.65. The van der Waals surface area contributed by atoms with Crippen molar-refractivity contribution in [3.63, 3.8) is 0 Å². The largest absolute Gasteiger partial charge is 0.478 e. The molecule has 1 heterocycles. The van der Waals surface area contributed by atoms with E-state index in [1.807, 2.05) is 5.10 Å². The maximum atomic E-state index is 12.0. The molecule has 108 valence electrons. The Kier molecular flexibility index (Phi) is 4.17. The lowest BCUT2D eigenvalue weighted by molar-refractivity contribution is -0.200. The van der Waals surface area contributed by atoms with Crippen molar-refractivity contribution in [1.82, 2.24) is 14.9 Å². The van der Waals surface area contributed by atoms with Crippen LogP contribution < -0.4 is 4.72 Å². The number of carbonyl (C=O) groups is 1. The van der Waals surface area contributed by atoms with Crippen LogP contribution in [0.4, 0.5) is 13.2 Å². The minimum absolute atomic E-state index is 0.692. The lowest BCUT2D eigenvalue weighted by Crippen LogP contribution is -2.41. The Morgan fingerprint density at radius 2 is 2.11 bits per heavy atom. The molecule has 8 nitrogen and oxygen atoms in total. The van der Waals surface area contributed by atoms with Gasteiger partial charge in [-0.2, -0.15) is 18.3 Å². The normalized spacial score (nSPS) is 14.3. The van der Waals surface area contributed by atoms with E-state index in [0.717, 1.165) is 0 Å². The summed E-state index contributed by atoms with van der Waals surface area (Å²) in [7, 11) is -4.56. The molecule has 19 heavy (non-hydrogen) atoms. The van der Waals surface area contributed by atoms with Crippen LogP contribution in [0.15, 0.2) is 11.2 Å². The van der Waals surface area contributed by atoms with E-state index < -0.39 is 45.4 Å². The van der Waals surface area contributed by atoms with Gasteiger partial charge in [-0.15, -0.1) is 0 Å². The van der Waals surface area contributed by atoms with Crippen molar-refractivity contribution in [1.29, 1.82) is 0 Å². The predicted octanol–water partition coefficient (Wildman–Crippen LogP) is -0.691. The van der Waals surface area contributed by atoms with Crippen LogP contribution in [0.3, 0.4) is 0 Å². The van der Waals surface area contributed by atoms with Gasteiger partial charge in [0.2, 0.25) is 0 Å². The summed E-state index contributed by atoms with van der Waals surface area (Å²) >= 11 is 0. The molecule has 0 radical (unpaired) electrons. The van der Waals surface area contributed by atoms with Gasteiger partial charge in [0, 0.05) is 6.54 Å². The fraction of sp³-hybridized carbons (Fsp3) is 0.429. The molecule has 0 spiro atoms. The second-order valence-corrected chi connectivity index (χ2v) is 5.03. The molecule has 0 saturated heterocycles. The fourth-order valence-electron chi connectivity index (χ4n) is 1.01. The number of alkyl halides is 3. The third-order valence-electron chi connectivity index (χ3n) is 1.95. The predicted molar refractivity (Wildman–Crippen MR) is 52.8 cm³/mol. The summed E-state index contributed by atoms with van der Waals surface area (Å²) < 4.78 is 60.4. The molecule has 0 aliphatic carbocycles. The van der Waals surface area contributed by atoms with E-state index in [9.17, 15) is 26.4 Å². The Labute approximate surface area is 104 Å². The van der Waals surface area contributed by atoms with Crippen LogP contribution in [-0.2, 0) is 10.0 Å². The summed E-state index contributed by atoms with van der Waals surface area (Å²) in [6.07, 6.45) is -7.21. The first-order valence-corrected chi connectivity index (χ1v) is 6.05. The number of carboxylic acids is 1. The third-order valence-corrected chi connectivity index (χ3v) is 3.34. The number of aromatic carboxylic acids is 1. The Morgan fingerprint density at radius 1 is 1.53 bits per heavy atom. The molecule has 0 aromatic carbocycles. The number of hydrogen-bond acceptors (Lipinski definition) is 5. The van der Waals surface area contributed by atoms with Crippen LogP contribution in [0.1, 0.15) is 10.4 Å². The molecular weight excluding hydrogens is 295 g/mol. The number of aliphatic hydroxyl groups is 1. The molecular formula is C7H8F3N3O5S. The van der Waals surface area contributed by atoms with E-state index in [1.165, 1.54) is 4.72 Å². The van der Waals surface area contributed by atoms with Crippen molar-refractivity contribution >= 4 is 16.0 Å². The van der Waals surface area contributed by atoms with Crippen LogP contribution in [-0.4, -0.2) is 53.6 Å². The topological polar surface area (TPSA) is 132 Å². The number of halogens is 3. The number of sulfonamides is 1. The zero-order valence-corrected chi connectivity index (χ0v) is 9.79. The number of aromatic amines is 1. The van der Waals surface area contributed by atoms with Crippen LogP contribution in [0.5, 0.6) is 0 Å². The molecule has 1 aromatic rings. The van der Waals surface area contributed by atoms with Gasteiger partial charge in [-0.05, 0) is 0 Å². The molecule has 0 aliphatic heterocycles. The van der Waals surface area contributed by atoms with Crippen molar-refractivity contribution < 1.29 is 36.6 Å². The van der Waals surface area contributed by atoms with Crippen LogP contribution in [0, 0.1) is 0 Å². The summed E-state index contributed by atoms with van der Waals surface area (Å²) in [4.78, 5) is 10.6. The van der Waals surface area contributed by atoms with Gasteiger partial charge in [0.1, 0.15) is 5.56 Å². The number of aliphatic hydroxyl groups excluding tert-OH is 1. The van der Waals surface area contributed by atoms with Gasteiger partial charge in [-0.1, -0.05) is 0 Å². The minimum Gasteiger partial charge on any atom is -0.478 e. The quantitative estimate of drug-likeness (QED) is 0.569. The zero-order valence-electron chi connectivity index (χ0n) is 8.97. The van der Waals surface area contributed by atoms with Gasteiger partial charge >= 0.3 is 12.1 Å². The Morgan fingerprint density at radius 3 is 2.58 bits per heavy atom. The summed E-state index contributed by atoms with van der Waals surface area (Å²) in [5.41, 5.74) is -0.728. The molecule has 4 N–H and O–H groups in total. The monoisotopic (exact) mass is 303 g/mol. The van der Waals surface area contributed by atoms with Crippen LogP contribution in [0.25, 0.3) is 0 Å². The van der Waals surface area contributed by atoms with E-state index in [4.69, 9.17) is 10.2 Å². The van der Waals surface area contributed by atoms with E-state index in [2.05, 4.69) is 5.10 Å². The number of hydrogen-bond donors (Lipinski definition) is 4. The van der Waals surface area contributed by atoms with Gasteiger partial charge in [-0.25, -0.2) is 17.9 Å². The summed E-state index contributed by atoms with van der Waals surface area (Å²) in [6, 6.07) is 0. The second-order valence-electron chi connectivity index (χ2n) is 3.33. The average Bonchev–Trinajstić information content (AvgIpc) is 2.74. The highest BCUT2D eigenvalue weighted by atomic mass is 32.2. The molecule has 1 rings (SSSR count). The molecule has 12 heteroatoms. The van der Waals surface area contributed by atoms with Crippen molar-refractivity contribution in [3.05, 3.63) is 11.8 Å². The number of aromatic nitrogens is 2. The van der Waals surface area contributed by atoms with Crippen LogP contribution in [0.2, 0.25) is 0 Å². The van der Waals surface area contributed by atoms with Gasteiger partial charge in [0.25, 0.3) is 10.0 Å². The molecule has 1 unspecified atom stereocenters. The SMILES string of the molecule is O=C(O)c1cn[nH]c1S(=O)(=O)NCC(O)C(F)(F)F. The van der Waals surface area contributed by atoms with E-state index >= 15 is 0 Å². The van der Waals surface area contributed by atoms with Crippen molar-refractivity contribution in [2.75, 3.05) is 6.54 Å². The average molecular weight is 303 g/mol. The summed E-state index contributed by atoms with van der Waals surface area (Å²) in [6.45, 7) is -1.34. The van der Waals surface area contributed by atoms with Gasteiger partial charge in [-0.3, -0.25) is 5.10 Å². The number of H-pyrrole nitrogens is 1. The first-order chi connectivity index (χ1) is 8.55. The highest BCUT2D eigenvalue weighted by Gasteiger charge is 2.39. The lowest BCUT2D eigenvalue weighted by atomic mass is 10.4. The van der Waals surface area contributed by atoms with Gasteiger partial charge < -0.3 is 10.2 Å². The number of carboxylic acid groups (broad SMARTS) is 1. The molecule has 0 saturated carbocycles. The highest BCUT2D eigenvalue weighted by Crippen LogP contribution is 2.20. The Hall–Kier alpha value is -1.66. The molecule has 0 amide bonds. The van der Waals surface area contributed by atoms with Crippen LogP contribution >= 0.6 is 0 Å². The Balaban J connectivity index is 2.88. The van der Waals surface area contributed by atoms with Gasteiger partial charge in [0.05, 0.1) is 6.20 Å². The van der Waals surface area contributed by atoms with Gasteiger partial charge in [0.15, 0.2) is 11.1 Å². The second kappa shape index (κ2) is 5.14. The maximum Gasteiger partial charge on any atom is 0.415 e. The molecule has 0 fully saturated rings. The fourth-order valence-corrected chi connectivity index (χ4v) is 2.13. The van der Waals surface area contributed by atoms with Crippen molar-refractivity contribution in [3.8, 4) is 0 Å². The lowest BCUT2D eigenvalue weighted by Gasteiger charge is -2.14. The Bertz CT molecular complexity index is 567. The summed E-state index contributed by atoms with van der Waals surface area (Å²) in [5, 5.41) is 21.4. The smallest absolute Gasteiger partial charge is 0.415 e. The van der Waals surface area contributed by atoms with E-state index in [1.54, 1.807) is 0 Å². The molecule has 0 bridgehead atoms. The number of nitrogens with zero attached hydrogens (tertiary/aromatic N) is 1. The maximum absolute atomic E-state index is 12.0. The highest BCUT2D eigenvalue weighted by molar-refractivity contribution is 7.89. The molecule has 1 aromatic heterocycles. The van der Waals surface area contributed by atoms with E-state index in [-0.39, 0.29) is 0 Å². The van der Waals surface area contributed by atoms with Crippen molar-refractivity contribution in [2.45, 2.75) is 17.3 Å². The first kappa shape index (κ1) is 15.4. The zero-order chi connectivity index (χ0) is 14.8. The summed E-state index contributed by atoms with van der Waals surface area (Å²) in [5.74, 6) is -1.62. The molecule has 0 aliphatic rings. The first-order valence-electron chi connectivity index (χ1n) is 4.57. The molecule has 1 atom stereocenters. The number of nitrogens with one attached hydrogen (secondary N) is 2.